The second-order valence-corrected chi connectivity index (χ2v) is 9.71. The minimum Gasteiger partial charge on any atom is -0.459 e. The van der Waals surface area contributed by atoms with Crippen LogP contribution in [0.2, 0.25) is 0 Å². The smallest absolute Gasteiger partial charge is 0.326 e. The highest BCUT2D eigenvalue weighted by Crippen LogP contribution is 2.22. The van der Waals surface area contributed by atoms with Gasteiger partial charge in [0.25, 0.3) is 5.56 Å². The molecular weight excluding hydrogens is 459 g/mol. The molecule has 0 N–H and O–H groups in total. The summed E-state index contributed by atoms with van der Waals surface area (Å²) in [5, 5.41) is 4.67. The summed E-state index contributed by atoms with van der Waals surface area (Å²) in [6.45, 7) is 6.45. The Labute approximate surface area is 202 Å². The number of aromatic nitrogens is 4. The van der Waals surface area contributed by atoms with Crippen molar-refractivity contribution in [3.63, 3.8) is 0 Å². The van der Waals surface area contributed by atoms with Crippen molar-refractivity contribution in [2.45, 2.75) is 56.8 Å². The lowest BCUT2D eigenvalue weighted by Crippen LogP contribution is -2.28. The first-order valence-electron chi connectivity index (χ1n) is 10.8. The third-order valence-electron chi connectivity index (χ3n) is 4.64. The number of ether oxygens (including phenoxy) is 2. The van der Waals surface area contributed by atoms with E-state index in [0.29, 0.717) is 36.0 Å². The minimum atomic E-state index is -0.634. The monoisotopic (exact) mass is 488 g/mol. The van der Waals surface area contributed by atoms with Gasteiger partial charge in [-0.25, -0.2) is 4.39 Å². The summed E-state index contributed by atoms with van der Waals surface area (Å²) in [4.78, 5) is 29.6. The third-order valence-corrected chi connectivity index (χ3v) is 5.70. The largest absolute Gasteiger partial charge is 0.459 e. The van der Waals surface area contributed by atoms with E-state index in [0.717, 1.165) is 11.1 Å². The number of carbonyl (C=O) groups excluding carboxylic acids is 1. The standard InChI is InChI=1S/C24H29FN4O4S/c1-24(2,3)33-21(30)15-28-14-19(11-18-12-26-29(13-18)9-10-32-4)22(31)27-23(28)34-16-17-5-7-20(25)8-6-17/h5-8,12-14H,9-11,15-16H2,1-4H3. The second-order valence-electron chi connectivity index (χ2n) is 8.76. The zero-order valence-electron chi connectivity index (χ0n) is 19.8. The van der Waals surface area contributed by atoms with Crippen molar-refractivity contribution < 1.29 is 18.7 Å². The van der Waals surface area contributed by atoms with Gasteiger partial charge in [0.1, 0.15) is 18.0 Å². The van der Waals surface area contributed by atoms with Gasteiger partial charge in [0.2, 0.25) is 0 Å². The van der Waals surface area contributed by atoms with Crippen LogP contribution in [0.15, 0.2) is 52.8 Å². The van der Waals surface area contributed by atoms with Crippen LogP contribution in [0.4, 0.5) is 4.39 Å². The Morgan fingerprint density at radius 1 is 1.15 bits per heavy atom. The van der Waals surface area contributed by atoms with Crippen molar-refractivity contribution in [1.82, 2.24) is 19.3 Å². The lowest BCUT2D eigenvalue weighted by Gasteiger charge is -2.21. The van der Waals surface area contributed by atoms with Gasteiger partial charge in [-0.05, 0) is 44.0 Å². The Morgan fingerprint density at radius 3 is 2.56 bits per heavy atom. The fourth-order valence-corrected chi connectivity index (χ4v) is 4.06. The SMILES string of the molecule is COCCn1cc(Cc2cn(CC(=O)OC(C)(C)C)c(SCc3ccc(F)cc3)nc2=O)cn1. The maximum absolute atomic E-state index is 13.2. The van der Waals surface area contributed by atoms with Crippen LogP contribution in [0.1, 0.15) is 37.5 Å². The molecule has 182 valence electrons. The average molecular weight is 489 g/mol. The lowest BCUT2D eigenvalue weighted by molar-refractivity contribution is -0.155. The van der Waals surface area contributed by atoms with Crippen LogP contribution in [0, 0.1) is 5.82 Å². The van der Waals surface area contributed by atoms with Gasteiger partial charge in [-0.2, -0.15) is 10.1 Å². The van der Waals surface area contributed by atoms with Gasteiger partial charge in [-0.1, -0.05) is 23.9 Å². The molecule has 34 heavy (non-hydrogen) atoms. The number of hydrogen-bond acceptors (Lipinski definition) is 7. The summed E-state index contributed by atoms with van der Waals surface area (Å²) >= 11 is 1.30. The summed E-state index contributed by atoms with van der Waals surface area (Å²) in [5.74, 6) is -0.282. The van der Waals surface area contributed by atoms with Crippen molar-refractivity contribution in [1.29, 1.82) is 0 Å². The molecule has 3 aromatic rings. The van der Waals surface area contributed by atoms with Crippen molar-refractivity contribution in [3.8, 4) is 0 Å². The summed E-state index contributed by atoms with van der Waals surface area (Å²) in [6, 6.07) is 6.11. The summed E-state index contributed by atoms with van der Waals surface area (Å²) in [5.41, 5.74) is 1.17. The molecule has 0 aliphatic rings. The van der Waals surface area contributed by atoms with Crippen LogP contribution >= 0.6 is 11.8 Å². The molecule has 2 aromatic heterocycles. The fourth-order valence-electron chi connectivity index (χ4n) is 3.14. The van der Waals surface area contributed by atoms with Crippen molar-refractivity contribution >= 4 is 17.7 Å². The normalized spacial score (nSPS) is 11.6. The lowest BCUT2D eigenvalue weighted by atomic mass is 10.1. The molecule has 0 amide bonds. The Hall–Kier alpha value is -2.98. The molecule has 0 fully saturated rings. The molecule has 0 unspecified atom stereocenters. The molecule has 2 heterocycles. The maximum atomic E-state index is 13.2. The van der Waals surface area contributed by atoms with Crippen LogP contribution in [0.25, 0.3) is 0 Å². The molecule has 1 aromatic carbocycles. The Morgan fingerprint density at radius 2 is 1.88 bits per heavy atom. The molecule has 0 saturated heterocycles. The van der Waals surface area contributed by atoms with E-state index in [1.54, 1.807) is 61.7 Å². The zero-order chi connectivity index (χ0) is 24.7. The molecule has 0 radical (unpaired) electrons. The van der Waals surface area contributed by atoms with Gasteiger partial charge in [0.05, 0.1) is 19.3 Å². The Kier molecular flexibility index (Phi) is 8.62. The average Bonchev–Trinajstić information content (AvgIpc) is 3.20. The molecule has 0 atom stereocenters. The maximum Gasteiger partial charge on any atom is 0.326 e. The van der Waals surface area contributed by atoms with Gasteiger partial charge in [-0.3, -0.25) is 14.3 Å². The number of halogens is 1. The summed E-state index contributed by atoms with van der Waals surface area (Å²) in [6.07, 6.45) is 5.53. The van der Waals surface area contributed by atoms with E-state index in [-0.39, 0.29) is 17.9 Å². The summed E-state index contributed by atoms with van der Waals surface area (Å²) in [7, 11) is 1.62. The predicted octanol–water partition coefficient (Wildman–Crippen LogP) is 3.45. The fraction of sp³-hybridized carbons (Fsp3) is 0.417. The highest BCUT2D eigenvalue weighted by atomic mass is 32.2. The Bertz CT molecular complexity index is 1170. The number of benzene rings is 1. The first-order valence-corrected chi connectivity index (χ1v) is 11.8. The van der Waals surface area contributed by atoms with Crippen LogP contribution in [-0.2, 0) is 39.5 Å². The van der Waals surface area contributed by atoms with E-state index in [4.69, 9.17) is 9.47 Å². The number of esters is 1. The highest BCUT2D eigenvalue weighted by molar-refractivity contribution is 7.98. The third kappa shape index (κ3) is 7.81. The molecule has 0 spiro atoms. The molecule has 10 heteroatoms. The highest BCUT2D eigenvalue weighted by Gasteiger charge is 2.19. The summed E-state index contributed by atoms with van der Waals surface area (Å²) < 4.78 is 27.1. The first-order chi connectivity index (χ1) is 16.1. The second kappa shape index (κ2) is 11.4. The van der Waals surface area contributed by atoms with Gasteiger partial charge >= 0.3 is 5.97 Å². The molecular formula is C24H29FN4O4S. The number of thioether (sulfide) groups is 1. The first kappa shape index (κ1) is 25.6. The number of carbonyl (C=O) groups is 1. The van der Waals surface area contributed by atoms with Gasteiger partial charge in [0, 0.05) is 37.2 Å². The van der Waals surface area contributed by atoms with Crippen molar-refractivity contribution in [2.24, 2.45) is 0 Å². The van der Waals surface area contributed by atoms with Gasteiger partial charge in [-0.15, -0.1) is 0 Å². The number of rotatable bonds is 10. The molecule has 0 aliphatic heterocycles. The van der Waals surface area contributed by atoms with Crippen LogP contribution < -0.4 is 5.56 Å². The van der Waals surface area contributed by atoms with Crippen LogP contribution in [-0.4, -0.2) is 44.6 Å². The van der Waals surface area contributed by atoms with E-state index in [1.165, 1.54) is 23.9 Å². The van der Waals surface area contributed by atoms with E-state index < -0.39 is 11.6 Å². The van der Waals surface area contributed by atoms with E-state index in [2.05, 4.69) is 10.1 Å². The van der Waals surface area contributed by atoms with Crippen molar-refractivity contribution in [2.75, 3.05) is 13.7 Å². The molecule has 3 rings (SSSR count). The zero-order valence-corrected chi connectivity index (χ0v) is 20.6. The Balaban J connectivity index is 1.84. The number of methoxy groups -OCH3 is 1. The van der Waals surface area contributed by atoms with Crippen LogP contribution in [0.3, 0.4) is 0 Å². The van der Waals surface area contributed by atoms with Crippen molar-refractivity contribution in [3.05, 3.63) is 75.7 Å². The molecule has 0 aliphatic carbocycles. The van der Waals surface area contributed by atoms with Gasteiger partial charge in [0.15, 0.2) is 5.16 Å². The minimum absolute atomic E-state index is 0.0869. The molecule has 8 nitrogen and oxygen atoms in total. The number of hydrogen-bond donors (Lipinski definition) is 0. The van der Waals surface area contributed by atoms with E-state index >= 15 is 0 Å². The molecule has 0 saturated carbocycles. The predicted molar refractivity (Wildman–Crippen MR) is 127 cm³/mol. The topological polar surface area (TPSA) is 88.2 Å². The van der Waals surface area contributed by atoms with E-state index in [1.807, 2.05) is 6.20 Å². The number of nitrogens with zero attached hydrogens (tertiary/aromatic N) is 4. The van der Waals surface area contributed by atoms with E-state index in [9.17, 15) is 14.0 Å². The quantitative estimate of drug-likeness (QED) is 0.245. The van der Waals surface area contributed by atoms with Gasteiger partial charge < -0.3 is 14.0 Å². The molecule has 0 bridgehead atoms. The van der Waals surface area contributed by atoms with Crippen LogP contribution in [0.5, 0.6) is 0 Å².